The number of anilines is 1. The molecule has 0 radical (unpaired) electrons. The molecule has 2 saturated heterocycles. The number of amides is 1. The molecule has 3 aromatic heterocycles. The minimum absolute atomic E-state index is 0.0353. The molecule has 1 N–H and O–H groups in total. The number of carbonyl (C=O) groups is 1. The lowest BCUT2D eigenvalue weighted by Gasteiger charge is -2.28. The molecular weight excluding hydrogens is 412 g/mol. The van der Waals surface area contributed by atoms with Crippen LogP contribution in [0.1, 0.15) is 51.4 Å². The van der Waals surface area contributed by atoms with E-state index in [0.717, 1.165) is 59.8 Å². The summed E-state index contributed by atoms with van der Waals surface area (Å²) in [4.78, 5) is 30.0. The van der Waals surface area contributed by atoms with Crippen LogP contribution in [0.4, 0.5) is 5.69 Å². The number of H-pyrrole nitrogens is 1. The van der Waals surface area contributed by atoms with Gasteiger partial charge in [-0.2, -0.15) is 0 Å². The van der Waals surface area contributed by atoms with Gasteiger partial charge in [-0.3, -0.25) is 9.20 Å². The predicted octanol–water partition coefficient (Wildman–Crippen LogP) is 4.80. The molecule has 5 heterocycles. The highest BCUT2D eigenvalue weighted by atomic mass is 16.2. The Hall–Kier alpha value is -3.35. The highest BCUT2D eigenvalue weighted by Crippen LogP contribution is 2.38. The summed E-state index contributed by atoms with van der Waals surface area (Å²) >= 11 is 0. The van der Waals surface area contributed by atoms with Gasteiger partial charge in [0.05, 0.1) is 29.0 Å². The van der Waals surface area contributed by atoms with E-state index < -0.39 is 0 Å². The second-order valence-electron chi connectivity index (χ2n) is 9.63. The summed E-state index contributed by atoms with van der Waals surface area (Å²) in [5.41, 5.74) is 6.08. The molecule has 1 amide bonds. The summed E-state index contributed by atoms with van der Waals surface area (Å²) in [5, 5.41) is 0. The summed E-state index contributed by atoms with van der Waals surface area (Å²) in [6, 6.07) is 10.8. The van der Waals surface area contributed by atoms with E-state index in [1.165, 1.54) is 24.9 Å². The van der Waals surface area contributed by atoms with Crippen molar-refractivity contribution < 1.29 is 4.79 Å². The normalized spacial score (nSPS) is 21.4. The number of aromatic nitrogens is 4. The first-order valence-electron chi connectivity index (χ1n) is 12.1. The number of piperidine rings is 1. The minimum Gasteiger partial charge on any atom is -0.372 e. The Morgan fingerprint density at radius 2 is 1.85 bits per heavy atom. The molecule has 7 heteroatoms. The zero-order chi connectivity index (χ0) is 22.5. The Morgan fingerprint density at radius 3 is 2.61 bits per heavy atom. The Bertz CT molecular complexity index is 1310. The van der Waals surface area contributed by atoms with Crippen LogP contribution in [0.5, 0.6) is 0 Å². The first-order chi connectivity index (χ1) is 16.1. The third-order valence-corrected chi connectivity index (χ3v) is 7.27. The van der Waals surface area contributed by atoms with Crippen LogP contribution >= 0.6 is 0 Å². The third kappa shape index (κ3) is 3.37. The van der Waals surface area contributed by atoms with Crippen molar-refractivity contribution in [2.24, 2.45) is 5.92 Å². The van der Waals surface area contributed by atoms with Gasteiger partial charge in [-0.25, -0.2) is 9.97 Å². The second-order valence-corrected chi connectivity index (χ2v) is 9.63. The summed E-state index contributed by atoms with van der Waals surface area (Å²) < 4.78 is 2.20. The number of hydrogen-bond donors (Lipinski definition) is 1. The summed E-state index contributed by atoms with van der Waals surface area (Å²) in [5.74, 6) is 1.47. The number of carbonyl (C=O) groups excluding carboxylic acids is 1. The van der Waals surface area contributed by atoms with E-state index in [4.69, 9.17) is 4.98 Å². The molecular formula is C26H30N6O. The highest BCUT2D eigenvalue weighted by molar-refractivity contribution is 5.85. The summed E-state index contributed by atoms with van der Waals surface area (Å²) in [6.45, 7) is 6.91. The summed E-state index contributed by atoms with van der Waals surface area (Å²) in [7, 11) is 0. The van der Waals surface area contributed by atoms with Gasteiger partial charge in [0.15, 0.2) is 5.65 Å². The van der Waals surface area contributed by atoms with Crippen molar-refractivity contribution in [3.05, 3.63) is 48.5 Å². The average molecular weight is 443 g/mol. The fourth-order valence-electron chi connectivity index (χ4n) is 5.64. The van der Waals surface area contributed by atoms with E-state index in [1.807, 2.05) is 23.4 Å². The van der Waals surface area contributed by atoms with Crippen molar-refractivity contribution in [3.63, 3.8) is 0 Å². The molecule has 2 fully saturated rings. The number of rotatable bonds is 3. The van der Waals surface area contributed by atoms with Gasteiger partial charge in [0, 0.05) is 44.0 Å². The number of benzene rings is 1. The zero-order valence-corrected chi connectivity index (χ0v) is 19.3. The third-order valence-electron chi connectivity index (χ3n) is 7.27. The van der Waals surface area contributed by atoms with E-state index in [2.05, 4.69) is 50.5 Å². The standard InChI is InChI=1S/C26H30N6O/c1-17-14-22(31(16-17)18(2)33)26-29-24(23-15-28-25-21(32(23)26)10-11-27-25)19-6-8-20(9-7-19)30-12-4-3-5-13-30/h6-11,15,17,22,27H,3-5,12-14,16H2,1-2H3/t17-,22-/m1/s1. The van der Waals surface area contributed by atoms with Gasteiger partial charge in [-0.05, 0) is 49.8 Å². The van der Waals surface area contributed by atoms with Crippen LogP contribution in [-0.2, 0) is 4.79 Å². The second kappa shape index (κ2) is 7.90. The molecule has 4 aromatic rings. The van der Waals surface area contributed by atoms with Gasteiger partial charge in [-0.1, -0.05) is 19.1 Å². The molecule has 7 nitrogen and oxygen atoms in total. The SMILES string of the molecule is CC(=O)N1C[C@H](C)C[C@@H]1c1nc(-c2ccc(N3CCCCC3)cc2)c2cnc3[nH]ccc3n12. The van der Waals surface area contributed by atoms with Crippen LogP contribution in [0.2, 0.25) is 0 Å². The predicted molar refractivity (Wildman–Crippen MR) is 130 cm³/mol. The molecule has 0 aliphatic carbocycles. The van der Waals surface area contributed by atoms with Crippen LogP contribution in [0.15, 0.2) is 42.7 Å². The van der Waals surface area contributed by atoms with E-state index in [0.29, 0.717) is 5.92 Å². The number of fused-ring (bicyclic) bond motifs is 3. The molecule has 0 saturated carbocycles. The maximum atomic E-state index is 12.5. The molecule has 1 aromatic carbocycles. The van der Waals surface area contributed by atoms with Crippen LogP contribution in [-0.4, -0.2) is 49.8 Å². The largest absolute Gasteiger partial charge is 0.372 e. The van der Waals surface area contributed by atoms with Gasteiger partial charge in [0.25, 0.3) is 0 Å². The first-order valence-corrected chi connectivity index (χ1v) is 12.1. The highest BCUT2D eigenvalue weighted by Gasteiger charge is 2.36. The van der Waals surface area contributed by atoms with Gasteiger partial charge < -0.3 is 14.8 Å². The monoisotopic (exact) mass is 442 g/mol. The smallest absolute Gasteiger partial charge is 0.220 e. The molecule has 33 heavy (non-hydrogen) atoms. The topological polar surface area (TPSA) is 69.5 Å². The van der Waals surface area contributed by atoms with Crippen molar-refractivity contribution in [1.82, 2.24) is 24.3 Å². The number of likely N-dealkylation sites (tertiary alicyclic amines) is 1. The maximum absolute atomic E-state index is 12.5. The molecule has 2 aliphatic heterocycles. The molecule has 6 rings (SSSR count). The van der Waals surface area contributed by atoms with Crippen molar-refractivity contribution in [1.29, 1.82) is 0 Å². The van der Waals surface area contributed by atoms with Crippen molar-refractivity contribution in [2.45, 2.75) is 45.6 Å². The molecule has 0 spiro atoms. The Balaban J connectivity index is 1.48. The molecule has 170 valence electrons. The van der Waals surface area contributed by atoms with E-state index in [9.17, 15) is 4.79 Å². The van der Waals surface area contributed by atoms with Crippen LogP contribution < -0.4 is 4.90 Å². The minimum atomic E-state index is -0.0353. The van der Waals surface area contributed by atoms with E-state index in [1.54, 1.807) is 6.92 Å². The van der Waals surface area contributed by atoms with Gasteiger partial charge in [0.2, 0.25) is 5.91 Å². The fourth-order valence-corrected chi connectivity index (χ4v) is 5.64. The average Bonchev–Trinajstić information content (AvgIpc) is 3.55. The van der Waals surface area contributed by atoms with Crippen LogP contribution in [0.3, 0.4) is 0 Å². The fraction of sp³-hybridized carbons (Fsp3) is 0.423. The van der Waals surface area contributed by atoms with Crippen molar-refractivity contribution in [2.75, 3.05) is 24.5 Å². The van der Waals surface area contributed by atoms with Gasteiger partial charge in [0.1, 0.15) is 5.82 Å². The number of hydrogen-bond acceptors (Lipinski definition) is 4. The van der Waals surface area contributed by atoms with Gasteiger partial charge >= 0.3 is 0 Å². The Labute approximate surface area is 193 Å². The van der Waals surface area contributed by atoms with E-state index >= 15 is 0 Å². The van der Waals surface area contributed by atoms with Crippen LogP contribution in [0, 0.1) is 5.92 Å². The zero-order valence-electron chi connectivity index (χ0n) is 19.3. The van der Waals surface area contributed by atoms with E-state index in [-0.39, 0.29) is 11.9 Å². The lowest BCUT2D eigenvalue weighted by Crippen LogP contribution is -2.29. The number of nitrogens with one attached hydrogen (secondary N) is 1. The quantitative estimate of drug-likeness (QED) is 0.495. The lowest BCUT2D eigenvalue weighted by molar-refractivity contribution is -0.130. The van der Waals surface area contributed by atoms with Gasteiger partial charge in [-0.15, -0.1) is 0 Å². The Kier molecular flexibility index (Phi) is 4.85. The maximum Gasteiger partial charge on any atom is 0.220 e. The molecule has 2 aliphatic rings. The Morgan fingerprint density at radius 1 is 1.06 bits per heavy atom. The number of aromatic amines is 1. The van der Waals surface area contributed by atoms with Crippen molar-refractivity contribution in [3.8, 4) is 11.3 Å². The van der Waals surface area contributed by atoms with Crippen molar-refractivity contribution >= 4 is 28.3 Å². The molecule has 2 atom stereocenters. The number of imidazole rings is 1. The number of nitrogens with zero attached hydrogens (tertiary/aromatic N) is 5. The molecule has 0 bridgehead atoms. The first kappa shape index (κ1) is 20.3. The lowest BCUT2D eigenvalue weighted by atomic mass is 10.1. The van der Waals surface area contributed by atoms with Crippen LogP contribution in [0.25, 0.3) is 27.9 Å². The summed E-state index contributed by atoms with van der Waals surface area (Å²) in [6.07, 6.45) is 8.59. The molecule has 0 unspecified atom stereocenters.